The molecule has 1 atom stereocenters. The van der Waals surface area contributed by atoms with Crippen molar-refractivity contribution in [1.29, 1.82) is 0 Å². The number of benzene rings is 2. The molecule has 0 spiro atoms. The van der Waals surface area contributed by atoms with Gasteiger partial charge in [0, 0.05) is 11.2 Å². The van der Waals surface area contributed by atoms with Gasteiger partial charge < -0.3 is 4.90 Å². The van der Waals surface area contributed by atoms with Gasteiger partial charge in [-0.25, -0.2) is 6.54 Å². The van der Waals surface area contributed by atoms with Crippen LogP contribution in [0.3, 0.4) is 0 Å². The van der Waals surface area contributed by atoms with Crippen molar-refractivity contribution in [3.63, 3.8) is 0 Å². The summed E-state index contributed by atoms with van der Waals surface area (Å²) in [4.78, 5) is 12.9. The van der Waals surface area contributed by atoms with Gasteiger partial charge in [0.15, 0.2) is 0 Å². The van der Waals surface area contributed by atoms with Crippen LogP contribution < -0.4 is 9.64 Å². The molecule has 2 aromatic rings. The standard InChI is InChI=1S/C25H40N.C10H11NO3.2ClH.Ru/c1-18(2)21-14-11-15-22(19(3)4)23(21)26-17-25(7,16-24(26,5)6)20-12-9-8-10-13-20;1-7(2)14-10-5-4-9(11(12)13)6-8(10)3;;;/h11,14-15,17-20H,8-10,12-13,16H2,1-7H3;3-7H,1-2H3;2*1H;/q-1;;;;+2/p-2. The Morgan fingerprint density at radius 2 is 1.58 bits per heavy atom. The van der Waals surface area contributed by atoms with E-state index in [1.165, 1.54) is 67.5 Å². The van der Waals surface area contributed by atoms with Gasteiger partial charge in [-0.1, -0.05) is 97.3 Å². The van der Waals surface area contributed by atoms with Crippen LogP contribution in [0.15, 0.2) is 36.4 Å². The zero-order chi connectivity index (χ0) is 32.1. The number of halogens is 2. The molecule has 1 saturated carbocycles. The van der Waals surface area contributed by atoms with Crippen molar-refractivity contribution in [2.24, 2.45) is 11.3 Å². The molecule has 0 aromatic heterocycles. The molecule has 0 amide bonds. The zero-order valence-electron chi connectivity index (χ0n) is 27.4. The summed E-state index contributed by atoms with van der Waals surface area (Å²) in [6, 6.07) is 11.4. The average molecular weight is 720 g/mol. The molecule has 1 aliphatic carbocycles. The van der Waals surface area contributed by atoms with E-state index in [1.807, 2.05) is 13.8 Å². The minimum absolute atomic E-state index is 0.00360. The zero-order valence-corrected chi connectivity index (χ0v) is 30.6. The normalized spacial score (nSPS) is 20.7. The predicted octanol–water partition coefficient (Wildman–Crippen LogP) is 11.1. The van der Waals surface area contributed by atoms with Crippen molar-refractivity contribution in [2.45, 2.75) is 124 Å². The van der Waals surface area contributed by atoms with Gasteiger partial charge >= 0.3 is 112 Å². The first-order chi connectivity index (χ1) is 20.1. The molecule has 1 unspecified atom stereocenters. The fraction of sp³-hybridized carbons (Fsp3) is 0.600. The van der Waals surface area contributed by atoms with Gasteiger partial charge in [0.1, 0.15) is 0 Å². The third-order valence-electron chi connectivity index (χ3n) is 8.76. The van der Waals surface area contributed by atoms with Crippen LogP contribution >= 0.6 is 19.4 Å². The molecule has 1 aliphatic heterocycles. The van der Waals surface area contributed by atoms with E-state index >= 15 is 0 Å². The Bertz CT molecular complexity index is 1260. The summed E-state index contributed by atoms with van der Waals surface area (Å²) < 4.78 is 7.17. The summed E-state index contributed by atoms with van der Waals surface area (Å²) in [6.45, 7) is 23.2. The second-order valence-electron chi connectivity index (χ2n) is 13.9. The van der Waals surface area contributed by atoms with Gasteiger partial charge in [-0.2, -0.15) is 0 Å². The summed E-state index contributed by atoms with van der Waals surface area (Å²) in [5.74, 6) is 2.52. The van der Waals surface area contributed by atoms with E-state index in [1.54, 1.807) is 10.7 Å². The third kappa shape index (κ3) is 9.27. The van der Waals surface area contributed by atoms with Crippen LogP contribution in [0.4, 0.5) is 11.4 Å². The van der Waals surface area contributed by atoms with E-state index in [0.29, 0.717) is 28.6 Å². The number of nitro benzene ring substituents is 1. The quantitative estimate of drug-likeness (QED) is 0.118. The Kier molecular flexibility index (Phi) is 12.7. The molecule has 4 rings (SSSR count). The minimum atomic E-state index is -2.05. The van der Waals surface area contributed by atoms with Crippen LogP contribution in [0.2, 0.25) is 0 Å². The second-order valence-corrected chi connectivity index (χ2v) is 19.6. The first kappa shape index (κ1) is 36.0. The summed E-state index contributed by atoms with van der Waals surface area (Å²) in [5.41, 5.74) is 5.61. The molecule has 5 nitrogen and oxygen atoms in total. The van der Waals surface area contributed by atoms with Crippen molar-refractivity contribution in [3.8, 4) is 5.75 Å². The predicted molar refractivity (Wildman–Crippen MR) is 181 cm³/mol. The third-order valence-corrected chi connectivity index (χ3v) is 10.6. The van der Waals surface area contributed by atoms with Gasteiger partial charge in [0.05, 0.1) is 0 Å². The summed E-state index contributed by atoms with van der Waals surface area (Å²) in [6.07, 6.45) is 8.37. The number of para-hydroxylation sites is 1. The van der Waals surface area contributed by atoms with Crippen LogP contribution in [0.5, 0.6) is 5.75 Å². The molecule has 2 fully saturated rings. The number of non-ortho nitro benzene ring substituents is 1. The summed E-state index contributed by atoms with van der Waals surface area (Å²) >= 11 is -2.05. The first-order valence-corrected chi connectivity index (χ1v) is 21.1. The van der Waals surface area contributed by atoms with Crippen molar-refractivity contribution in [3.05, 3.63) is 69.7 Å². The SMILES string of the molecule is CC(C)Oc1ccc([N+](=O)[O-])cc1[CH]=[Ru]([Cl])[Cl].CC(C)c1cccc(C(C)C)c1N1[CH-]C(C)(C2CCCCC2)CC1(C)C. The Morgan fingerprint density at radius 1 is 1.00 bits per heavy atom. The minimum Gasteiger partial charge on any atom is -0.517 e. The molecule has 242 valence electrons. The molecular formula is C35H51Cl2N2O3Ru-. The Balaban J connectivity index is 0.000000259. The Hall–Kier alpha value is -1.49. The molecule has 1 saturated heterocycles. The van der Waals surface area contributed by atoms with Crippen LogP contribution in [0.25, 0.3) is 0 Å². The topological polar surface area (TPSA) is 55.6 Å². The van der Waals surface area contributed by atoms with Crippen molar-refractivity contribution < 1.29 is 23.2 Å². The number of ether oxygens (including phenoxy) is 1. The molecule has 0 radical (unpaired) electrons. The number of rotatable bonds is 8. The number of nitrogens with zero attached hydrogens (tertiary/aromatic N) is 2. The number of hydrogen-bond donors (Lipinski definition) is 0. The fourth-order valence-corrected chi connectivity index (χ4v) is 8.66. The van der Waals surface area contributed by atoms with Crippen LogP contribution in [0.1, 0.15) is 129 Å². The van der Waals surface area contributed by atoms with Gasteiger partial charge in [0.25, 0.3) is 0 Å². The van der Waals surface area contributed by atoms with E-state index in [2.05, 4.69) is 78.1 Å². The van der Waals surface area contributed by atoms with Gasteiger partial charge in [0.2, 0.25) is 0 Å². The van der Waals surface area contributed by atoms with Gasteiger partial charge in [-0.05, 0) is 36.8 Å². The summed E-state index contributed by atoms with van der Waals surface area (Å²) in [5, 5.41) is 10.7. The largest absolute Gasteiger partial charge is 0.517 e. The molecule has 0 N–H and O–H groups in total. The Labute approximate surface area is 273 Å². The van der Waals surface area contributed by atoms with E-state index in [4.69, 9.17) is 24.1 Å². The molecule has 2 aromatic carbocycles. The van der Waals surface area contributed by atoms with Crippen LogP contribution in [0, 0.1) is 28.0 Å². The number of hydrogen-bond acceptors (Lipinski definition) is 4. The average Bonchev–Trinajstić information content (AvgIpc) is 3.18. The number of nitro groups is 1. The summed E-state index contributed by atoms with van der Waals surface area (Å²) in [7, 11) is 11.6. The van der Waals surface area contributed by atoms with Crippen LogP contribution in [-0.4, -0.2) is 21.2 Å². The molecule has 43 heavy (non-hydrogen) atoms. The number of anilines is 1. The van der Waals surface area contributed by atoms with Gasteiger partial charge in [-0.3, -0.25) is 0 Å². The maximum absolute atomic E-state index is 10.7. The maximum Gasteiger partial charge on any atom is 0.0145 e. The molecular weight excluding hydrogens is 668 g/mol. The molecule has 8 heteroatoms. The van der Waals surface area contributed by atoms with E-state index < -0.39 is 18.4 Å². The van der Waals surface area contributed by atoms with E-state index in [9.17, 15) is 10.1 Å². The molecule has 0 bridgehead atoms. The molecule has 2 aliphatic rings. The Morgan fingerprint density at radius 3 is 2.07 bits per heavy atom. The van der Waals surface area contributed by atoms with Crippen molar-refractivity contribution in [2.75, 3.05) is 4.90 Å². The smallest absolute Gasteiger partial charge is 0.0145 e. The monoisotopic (exact) mass is 719 g/mol. The second kappa shape index (κ2) is 15.2. The van der Waals surface area contributed by atoms with Crippen LogP contribution in [-0.2, 0) is 13.5 Å². The van der Waals surface area contributed by atoms with E-state index in [-0.39, 0.29) is 17.3 Å². The molecule has 1 heterocycles. The first-order valence-electron chi connectivity index (χ1n) is 15.6. The van der Waals surface area contributed by atoms with Crippen molar-refractivity contribution in [1.82, 2.24) is 0 Å². The van der Waals surface area contributed by atoms with E-state index in [0.717, 1.165) is 5.92 Å². The van der Waals surface area contributed by atoms with Gasteiger partial charge in [-0.15, -0.1) is 5.41 Å². The maximum atomic E-state index is 10.7. The van der Waals surface area contributed by atoms with Crippen molar-refractivity contribution >= 4 is 35.4 Å². The fourth-order valence-electron chi connectivity index (χ4n) is 6.88.